The van der Waals surface area contributed by atoms with E-state index < -0.39 is 0 Å². The van der Waals surface area contributed by atoms with Crippen LogP contribution < -0.4 is 15.2 Å². The third kappa shape index (κ3) is 7.10. The predicted octanol–water partition coefficient (Wildman–Crippen LogP) is 6.24. The average molecular weight is 483 g/mol. The molecular weight excluding hydrogens is 452 g/mol. The molecule has 0 aliphatic carbocycles. The molecule has 3 aromatic carbocycles. The molecule has 0 bridgehead atoms. The van der Waals surface area contributed by atoms with Gasteiger partial charge in [-0.2, -0.15) is 0 Å². The Morgan fingerprint density at radius 2 is 1.55 bits per heavy atom. The third-order valence-corrected chi connectivity index (χ3v) is 5.73. The van der Waals surface area contributed by atoms with Gasteiger partial charge in [0.05, 0.1) is 11.6 Å². The molecule has 5 heteroatoms. The minimum Gasteiger partial charge on any atom is -0.496 e. The van der Waals surface area contributed by atoms with Gasteiger partial charge in [0.25, 0.3) is 0 Å². The van der Waals surface area contributed by atoms with Crippen LogP contribution in [0.5, 0.6) is 17.2 Å². The van der Waals surface area contributed by atoms with E-state index in [-0.39, 0.29) is 5.41 Å². The molecule has 0 atom stereocenters. The van der Waals surface area contributed by atoms with Crippen LogP contribution in [0.15, 0.2) is 77.3 Å². The maximum atomic E-state index is 6.04. The number of hydrogen-bond donors (Lipinski definition) is 1. The number of hydrogen-bond acceptors (Lipinski definition) is 4. The van der Waals surface area contributed by atoms with Gasteiger partial charge in [0.15, 0.2) is 0 Å². The Hall–Kier alpha value is -2.34. The van der Waals surface area contributed by atoms with Crippen molar-refractivity contribution in [1.82, 2.24) is 4.90 Å². The fourth-order valence-electron chi connectivity index (χ4n) is 3.49. The molecule has 0 spiro atoms. The number of nitrogens with zero attached hydrogens (tertiary/aromatic N) is 1. The predicted molar refractivity (Wildman–Crippen MR) is 131 cm³/mol. The maximum Gasteiger partial charge on any atom is 0.133 e. The van der Waals surface area contributed by atoms with Crippen molar-refractivity contribution in [2.75, 3.05) is 20.2 Å². The van der Waals surface area contributed by atoms with Crippen LogP contribution in [-0.4, -0.2) is 25.1 Å². The molecule has 0 aliphatic rings. The van der Waals surface area contributed by atoms with Gasteiger partial charge in [0.1, 0.15) is 17.2 Å². The SMILES string of the molecule is COc1ccc(CN(Cc2cccc(Oc3ccccc3)c2)CC(C)(C)CN)cc1Br. The van der Waals surface area contributed by atoms with Crippen LogP contribution in [0.1, 0.15) is 25.0 Å². The first-order valence-electron chi connectivity index (χ1n) is 10.5. The molecule has 0 aliphatic heterocycles. The van der Waals surface area contributed by atoms with Crippen molar-refractivity contribution in [2.24, 2.45) is 11.1 Å². The highest BCUT2D eigenvalue weighted by Crippen LogP contribution is 2.28. The van der Waals surface area contributed by atoms with E-state index in [4.69, 9.17) is 15.2 Å². The minimum absolute atomic E-state index is 0.0157. The van der Waals surface area contributed by atoms with Crippen molar-refractivity contribution in [3.05, 3.63) is 88.4 Å². The van der Waals surface area contributed by atoms with E-state index in [0.717, 1.165) is 41.4 Å². The fourth-order valence-corrected chi connectivity index (χ4v) is 4.08. The van der Waals surface area contributed by atoms with E-state index in [2.05, 4.69) is 58.9 Å². The molecule has 4 nitrogen and oxygen atoms in total. The molecular formula is C26H31BrN2O2. The van der Waals surface area contributed by atoms with Crippen molar-refractivity contribution >= 4 is 15.9 Å². The Morgan fingerprint density at radius 1 is 0.871 bits per heavy atom. The average Bonchev–Trinajstić information content (AvgIpc) is 2.74. The van der Waals surface area contributed by atoms with Crippen LogP contribution in [0.4, 0.5) is 0 Å². The Bertz CT molecular complexity index is 976. The summed E-state index contributed by atoms with van der Waals surface area (Å²) >= 11 is 3.60. The molecule has 0 radical (unpaired) electrons. The lowest BCUT2D eigenvalue weighted by Crippen LogP contribution is -2.38. The molecule has 0 fully saturated rings. The van der Waals surface area contributed by atoms with Gasteiger partial charge in [-0.3, -0.25) is 4.90 Å². The van der Waals surface area contributed by atoms with Gasteiger partial charge in [-0.1, -0.05) is 50.2 Å². The zero-order valence-electron chi connectivity index (χ0n) is 18.5. The zero-order valence-corrected chi connectivity index (χ0v) is 20.1. The van der Waals surface area contributed by atoms with E-state index in [1.165, 1.54) is 11.1 Å². The van der Waals surface area contributed by atoms with Crippen molar-refractivity contribution in [1.29, 1.82) is 0 Å². The van der Waals surface area contributed by atoms with Crippen molar-refractivity contribution in [3.8, 4) is 17.2 Å². The molecule has 0 aromatic heterocycles. The molecule has 2 N–H and O–H groups in total. The Kier molecular flexibility index (Phi) is 8.13. The topological polar surface area (TPSA) is 47.7 Å². The first-order chi connectivity index (χ1) is 14.9. The highest BCUT2D eigenvalue weighted by Gasteiger charge is 2.21. The smallest absolute Gasteiger partial charge is 0.133 e. The van der Waals surface area contributed by atoms with Gasteiger partial charge >= 0.3 is 0 Å². The number of halogens is 1. The standard InChI is InChI=1S/C26H31BrN2O2/c1-26(2,18-28)19-29(17-21-12-13-25(30-3)24(27)15-21)16-20-8-7-11-23(14-20)31-22-9-5-4-6-10-22/h4-15H,16-19,28H2,1-3H3. The molecule has 0 saturated heterocycles. The molecule has 0 amide bonds. The van der Waals surface area contributed by atoms with E-state index in [1.807, 2.05) is 48.5 Å². The summed E-state index contributed by atoms with van der Waals surface area (Å²) in [6, 6.07) is 24.4. The number of para-hydroxylation sites is 1. The lowest BCUT2D eigenvalue weighted by Gasteiger charge is -2.32. The summed E-state index contributed by atoms with van der Waals surface area (Å²) in [4.78, 5) is 2.43. The Balaban J connectivity index is 1.78. The molecule has 3 rings (SSSR count). The van der Waals surface area contributed by atoms with E-state index in [9.17, 15) is 0 Å². The summed E-state index contributed by atoms with van der Waals surface area (Å²) < 4.78 is 12.4. The summed E-state index contributed by atoms with van der Waals surface area (Å²) in [7, 11) is 1.68. The third-order valence-electron chi connectivity index (χ3n) is 5.11. The van der Waals surface area contributed by atoms with Crippen LogP contribution in [0.25, 0.3) is 0 Å². The first kappa shape index (κ1) is 23.3. The number of benzene rings is 3. The van der Waals surface area contributed by atoms with Gasteiger partial charge in [-0.05, 0) is 75.4 Å². The van der Waals surface area contributed by atoms with Crippen molar-refractivity contribution < 1.29 is 9.47 Å². The Labute approximate surface area is 194 Å². The van der Waals surface area contributed by atoms with Crippen LogP contribution in [-0.2, 0) is 13.1 Å². The highest BCUT2D eigenvalue weighted by atomic mass is 79.9. The minimum atomic E-state index is 0.0157. The van der Waals surface area contributed by atoms with Crippen LogP contribution in [0.3, 0.4) is 0 Å². The molecule has 0 heterocycles. The van der Waals surface area contributed by atoms with Gasteiger partial charge in [0.2, 0.25) is 0 Å². The quantitative estimate of drug-likeness (QED) is 0.371. The second-order valence-electron chi connectivity index (χ2n) is 8.54. The molecule has 0 saturated carbocycles. The van der Waals surface area contributed by atoms with Gasteiger partial charge in [-0.25, -0.2) is 0 Å². The van der Waals surface area contributed by atoms with Crippen molar-refractivity contribution in [2.45, 2.75) is 26.9 Å². The lowest BCUT2D eigenvalue weighted by molar-refractivity contribution is 0.168. The summed E-state index contributed by atoms with van der Waals surface area (Å²) in [6.07, 6.45) is 0. The molecule has 0 unspecified atom stereocenters. The molecule has 31 heavy (non-hydrogen) atoms. The fraction of sp³-hybridized carbons (Fsp3) is 0.308. The van der Waals surface area contributed by atoms with Crippen LogP contribution >= 0.6 is 15.9 Å². The van der Waals surface area contributed by atoms with E-state index in [0.29, 0.717) is 6.54 Å². The zero-order chi connectivity index (χ0) is 22.3. The summed E-state index contributed by atoms with van der Waals surface area (Å²) in [6.45, 7) is 7.55. The molecule has 164 valence electrons. The first-order valence-corrected chi connectivity index (χ1v) is 11.2. The van der Waals surface area contributed by atoms with Gasteiger partial charge in [0, 0.05) is 19.6 Å². The van der Waals surface area contributed by atoms with Crippen LogP contribution in [0.2, 0.25) is 0 Å². The normalized spacial score (nSPS) is 11.5. The number of nitrogens with two attached hydrogens (primary N) is 1. The summed E-state index contributed by atoms with van der Waals surface area (Å²) in [5.74, 6) is 2.51. The van der Waals surface area contributed by atoms with Gasteiger partial charge in [-0.15, -0.1) is 0 Å². The summed E-state index contributed by atoms with van der Waals surface area (Å²) in [5, 5.41) is 0. The van der Waals surface area contributed by atoms with Crippen molar-refractivity contribution in [3.63, 3.8) is 0 Å². The van der Waals surface area contributed by atoms with Crippen LogP contribution in [0, 0.1) is 5.41 Å². The lowest BCUT2D eigenvalue weighted by atomic mass is 9.92. The van der Waals surface area contributed by atoms with E-state index in [1.54, 1.807) is 7.11 Å². The maximum absolute atomic E-state index is 6.04. The molecule has 3 aromatic rings. The largest absolute Gasteiger partial charge is 0.496 e. The monoisotopic (exact) mass is 482 g/mol. The number of ether oxygens (including phenoxy) is 2. The van der Waals surface area contributed by atoms with E-state index >= 15 is 0 Å². The number of rotatable bonds is 10. The number of methoxy groups -OCH3 is 1. The Morgan fingerprint density at radius 3 is 2.19 bits per heavy atom. The summed E-state index contributed by atoms with van der Waals surface area (Å²) in [5.41, 5.74) is 8.48. The second-order valence-corrected chi connectivity index (χ2v) is 9.40. The second kappa shape index (κ2) is 10.8. The highest BCUT2D eigenvalue weighted by molar-refractivity contribution is 9.10. The van der Waals surface area contributed by atoms with Gasteiger partial charge < -0.3 is 15.2 Å².